The molecule has 0 radical (unpaired) electrons. The molecule has 1 N–H and O–H groups in total. The molecule has 0 amide bonds. The van der Waals surface area contributed by atoms with Gasteiger partial charge in [0.25, 0.3) is 5.56 Å². The number of hydrogen-bond acceptors (Lipinski definition) is 2. The molecule has 0 aromatic carbocycles. The maximum Gasteiger partial charge on any atom is 0.274 e. The standard InChI is InChI=1S/C11H18N2O/c1-8(2)12-10-6-5-7-13(9(3)4)11(10)14/h5-9,12H,1-4H3. The zero-order valence-electron chi connectivity index (χ0n) is 9.24. The molecule has 0 aliphatic rings. The number of pyridine rings is 1. The first-order valence-electron chi connectivity index (χ1n) is 5.00. The molecule has 0 unspecified atom stereocenters. The van der Waals surface area contributed by atoms with Gasteiger partial charge >= 0.3 is 0 Å². The van der Waals surface area contributed by atoms with Crippen LogP contribution in [0, 0.1) is 0 Å². The van der Waals surface area contributed by atoms with Gasteiger partial charge in [0.1, 0.15) is 5.69 Å². The van der Waals surface area contributed by atoms with E-state index in [0.717, 1.165) is 0 Å². The quantitative estimate of drug-likeness (QED) is 0.800. The van der Waals surface area contributed by atoms with E-state index in [-0.39, 0.29) is 17.6 Å². The van der Waals surface area contributed by atoms with Crippen LogP contribution < -0.4 is 10.9 Å². The Morgan fingerprint density at radius 1 is 1.29 bits per heavy atom. The van der Waals surface area contributed by atoms with Crippen LogP contribution in [-0.2, 0) is 0 Å². The summed E-state index contributed by atoms with van der Waals surface area (Å²) in [6.07, 6.45) is 1.82. The topological polar surface area (TPSA) is 34.0 Å². The largest absolute Gasteiger partial charge is 0.378 e. The van der Waals surface area contributed by atoms with Crippen molar-refractivity contribution in [2.24, 2.45) is 0 Å². The average Bonchev–Trinajstić information content (AvgIpc) is 2.07. The van der Waals surface area contributed by atoms with Crippen LogP contribution in [0.25, 0.3) is 0 Å². The molecule has 1 heterocycles. The summed E-state index contributed by atoms with van der Waals surface area (Å²) in [6, 6.07) is 4.20. The van der Waals surface area contributed by atoms with Crippen molar-refractivity contribution in [3.05, 3.63) is 28.7 Å². The van der Waals surface area contributed by atoms with E-state index >= 15 is 0 Å². The molecular weight excluding hydrogens is 176 g/mol. The number of hydrogen-bond donors (Lipinski definition) is 1. The lowest BCUT2D eigenvalue weighted by molar-refractivity contribution is 0.579. The first kappa shape index (κ1) is 10.8. The Bertz CT molecular complexity index is 353. The Morgan fingerprint density at radius 3 is 2.43 bits per heavy atom. The summed E-state index contributed by atoms with van der Waals surface area (Å²) in [4.78, 5) is 11.8. The van der Waals surface area contributed by atoms with Crippen molar-refractivity contribution in [3.8, 4) is 0 Å². The fourth-order valence-corrected chi connectivity index (χ4v) is 1.34. The third-order valence-corrected chi connectivity index (χ3v) is 1.97. The van der Waals surface area contributed by atoms with Crippen molar-refractivity contribution in [3.63, 3.8) is 0 Å². The van der Waals surface area contributed by atoms with E-state index in [9.17, 15) is 4.79 Å². The van der Waals surface area contributed by atoms with Gasteiger partial charge in [-0.25, -0.2) is 0 Å². The summed E-state index contributed by atoms with van der Waals surface area (Å²) >= 11 is 0. The van der Waals surface area contributed by atoms with Crippen LogP contribution in [-0.4, -0.2) is 10.6 Å². The van der Waals surface area contributed by atoms with E-state index in [0.29, 0.717) is 5.69 Å². The van der Waals surface area contributed by atoms with Gasteiger partial charge in [0.05, 0.1) is 0 Å². The van der Waals surface area contributed by atoms with Gasteiger partial charge in [0, 0.05) is 18.3 Å². The predicted molar refractivity (Wildman–Crippen MR) is 59.8 cm³/mol. The second-order valence-electron chi connectivity index (χ2n) is 4.03. The molecule has 0 bridgehead atoms. The molecule has 1 aromatic rings. The Kier molecular flexibility index (Phi) is 3.33. The molecule has 0 spiro atoms. The molecule has 78 valence electrons. The zero-order valence-corrected chi connectivity index (χ0v) is 9.24. The smallest absolute Gasteiger partial charge is 0.274 e. The lowest BCUT2D eigenvalue weighted by atomic mass is 10.3. The van der Waals surface area contributed by atoms with Crippen molar-refractivity contribution >= 4 is 5.69 Å². The SMILES string of the molecule is CC(C)Nc1cccn(C(C)C)c1=O. The molecule has 3 heteroatoms. The lowest BCUT2D eigenvalue weighted by Crippen LogP contribution is -2.26. The van der Waals surface area contributed by atoms with Crippen molar-refractivity contribution in [2.75, 3.05) is 5.32 Å². The first-order valence-corrected chi connectivity index (χ1v) is 5.00. The Labute approximate surface area is 84.8 Å². The van der Waals surface area contributed by atoms with E-state index in [4.69, 9.17) is 0 Å². The molecule has 3 nitrogen and oxygen atoms in total. The predicted octanol–water partition coefficient (Wildman–Crippen LogP) is 2.25. The lowest BCUT2D eigenvalue weighted by Gasteiger charge is -2.14. The molecule has 0 aliphatic carbocycles. The average molecular weight is 194 g/mol. The highest BCUT2D eigenvalue weighted by Crippen LogP contribution is 2.05. The van der Waals surface area contributed by atoms with Crippen LogP contribution >= 0.6 is 0 Å². The summed E-state index contributed by atoms with van der Waals surface area (Å²) in [5.74, 6) is 0. The minimum atomic E-state index is 0.0520. The fourth-order valence-electron chi connectivity index (χ4n) is 1.34. The Balaban J connectivity index is 3.08. The highest BCUT2D eigenvalue weighted by Gasteiger charge is 2.05. The van der Waals surface area contributed by atoms with E-state index in [2.05, 4.69) is 5.32 Å². The Morgan fingerprint density at radius 2 is 1.93 bits per heavy atom. The molecule has 1 rings (SSSR count). The fraction of sp³-hybridized carbons (Fsp3) is 0.545. The second kappa shape index (κ2) is 4.31. The van der Waals surface area contributed by atoms with Gasteiger partial charge in [-0.1, -0.05) is 0 Å². The van der Waals surface area contributed by atoms with Crippen molar-refractivity contribution in [1.29, 1.82) is 0 Å². The second-order valence-corrected chi connectivity index (χ2v) is 4.03. The number of nitrogens with zero attached hydrogens (tertiary/aromatic N) is 1. The van der Waals surface area contributed by atoms with Gasteiger partial charge in [0.2, 0.25) is 0 Å². The van der Waals surface area contributed by atoms with Crippen LogP contribution in [0.2, 0.25) is 0 Å². The molecule has 1 aromatic heterocycles. The van der Waals surface area contributed by atoms with Crippen molar-refractivity contribution < 1.29 is 0 Å². The third kappa shape index (κ3) is 2.37. The highest BCUT2D eigenvalue weighted by molar-refractivity contribution is 5.41. The van der Waals surface area contributed by atoms with Crippen LogP contribution in [0.1, 0.15) is 33.7 Å². The van der Waals surface area contributed by atoms with Gasteiger partial charge < -0.3 is 9.88 Å². The minimum Gasteiger partial charge on any atom is -0.378 e. The molecule has 0 saturated carbocycles. The molecule has 0 fully saturated rings. The van der Waals surface area contributed by atoms with Crippen molar-refractivity contribution in [2.45, 2.75) is 39.8 Å². The first-order chi connectivity index (χ1) is 6.52. The van der Waals surface area contributed by atoms with Crippen molar-refractivity contribution in [1.82, 2.24) is 4.57 Å². The zero-order chi connectivity index (χ0) is 10.7. The van der Waals surface area contributed by atoms with E-state index in [1.54, 1.807) is 4.57 Å². The summed E-state index contributed by atoms with van der Waals surface area (Å²) in [7, 11) is 0. The number of nitrogens with one attached hydrogen (secondary N) is 1. The normalized spacial score (nSPS) is 11.0. The van der Waals surface area contributed by atoms with Crippen LogP contribution in [0.3, 0.4) is 0 Å². The number of aromatic nitrogens is 1. The maximum absolute atomic E-state index is 11.8. The molecule has 0 aliphatic heterocycles. The van der Waals surface area contributed by atoms with Gasteiger partial charge in [-0.05, 0) is 39.8 Å². The van der Waals surface area contributed by atoms with Gasteiger partial charge in [0.15, 0.2) is 0 Å². The highest BCUT2D eigenvalue weighted by atomic mass is 16.1. The van der Waals surface area contributed by atoms with Gasteiger partial charge in [-0.15, -0.1) is 0 Å². The summed E-state index contributed by atoms with van der Waals surface area (Å²) in [5.41, 5.74) is 0.729. The third-order valence-electron chi connectivity index (χ3n) is 1.97. The van der Waals surface area contributed by atoms with Gasteiger partial charge in [-0.2, -0.15) is 0 Å². The minimum absolute atomic E-state index is 0.0520. The van der Waals surface area contributed by atoms with Crippen LogP contribution in [0.4, 0.5) is 5.69 Å². The number of anilines is 1. The number of rotatable bonds is 3. The monoisotopic (exact) mass is 194 g/mol. The van der Waals surface area contributed by atoms with Crippen LogP contribution in [0.15, 0.2) is 23.1 Å². The van der Waals surface area contributed by atoms with E-state index in [1.807, 2.05) is 46.0 Å². The maximum atomic E-state index is 11.8. The Hall–Kier alpha value is -1.25. The van der Waals surface area contributed by atoms with E-state index in [1.165, 1.54) is 0 Å². The summed E-state index contributed by atoms with van der Waals surface area (Å²) < 4.78 is 1.73. The summed E-state index contributed by atoms with van der Waals surface area (Å²) in [6.45, 7) is 8.04. The summed E-state index contributed by atoms with van der Waals surface area (Å²) in [5, 5.41) is 3.13. The molecule has 0 atom stereocenters. The molecule has 14 heavy (non-hydrogen) atoms. The van der Waals surface area contributed by atoms with Gasteiger partial charge in [-0.3, -0.25) is 4.79 Å². The van der Waals surface area contributed by atoms with Crippen LogP contribution in [0.5, 0.6) is 0 Å². The molecular formula is C11H18N2O. The van der Waals surface area contributed by atoms with E-state index < -0.39 is 0 Å². The molecule has 0 saturated heterocycles.